The molecule has 0 bridgehead atoms. The SMILES string of the molecule is O=C(Nc1cc(Cl)ccc1Cl)c1c[nH]c2ccc(Cl)cc2c1=O. The van der Waals surface area contributed by atoms with Gasteiger partial charge in [-0.1, -0.05) is 34.8 Å². The molecule has 23 heavy (non-hydrogen) atoms. The molecule has 0 unspecified atom stereocenters. The van der Waals surface area contributed by atoms with Crippen LogP contribution in [0.1, 0.15) is 10.4 Å². The average Bonchev–Trinajstić information content (AvgIpc) is 2.51. The van der Waals surface area contributed by atoms with Gasteiger partial charge in [-0.15, -0.1) is 0 Å². The van der Waals surface area contributed by atoms with Crippen LogP contribution in [0.25, 0.3) is 10.9 Å². The number of fused-ring (bicyclic) bond motifs is 1. The molecule has 7 heteroatoms. The summed E-state index contributed by atoms with van der Waals surface area (Å²) in [5.41, 5.74) is 0.458. The van der Waals surface area contributed by atoms with Crippen molar-refractivity contribution in [3.8, 4) is 0 Å². The highest BCUT2D eigenvalue weighted by atomic mass is 35.5. The van der Waals surface area contributed by atoms with Crippen molar-refractivity contribution in [1.82, 2.24) is 4.98 Å². The van der Waals surface area contributed by atoms with Crippen LogP contribution in [0.4, 0.5) is 5.69 Å². The molecule has 0 fully saturated rings. The summed E-state index contributed by atoms with van der Waals surface area (Å²) in [5.74, 6) is -0.586. The summed E-state index contributed by atoms with van der Waals surface area (Å²) >= 11 is 17.8. The molecule has 1 amide bonds. The van der Waals surface area contributed by atoms with Gasteiger partial charge in [0.05, 0.1) is 10.7 Å². The second-order valence-electron chi connectivity index (χ2n) is 4.80. The first kappa shape index (κ1) is 15.9. The van der Waals surface area contributed by atoms with Crippen molar-refractivity contribution in [3.05, 3.63) is 73.4 Å². The standard InChI is InChI=1S/C16H9Cl3N2O2/c17-8-2-4-13-10(5-8)15(22)11(7-20-13)16(23)21-14-6-9(18)1-3-12(14)19/h1-7H,(H,20,22)(H,21,23). The van der Waals surface area contributed by atoms with E-state index in [1.807, 2.05) is 0 Å². The first-order chi connectivity index (χ1) is 11.0. The van der Waals surface area contributed by atoms with Crippen LogP contribution in [-0.4, -0.2) is 10.9 Å². The number of pyridine rings is 1. The Bertz CT molecular complexity index is 983. The van der Waals surface area contributed by atoms with Crippen LogP contribution in [0.3, 0.4) is 0 Å². The van der Waals surface area contributed by atoms with Gasteiger partial charge in [-0.3, -0.25) is 9.59 Å². The number of carbonyl (C=O) groups excluding carboxylic acids is 1. The minimum Gasteiger partial charge on any atom is -0.360 e. The van der Waals surface area contributed by atoms with Crippen molar-refractivity contribution in [2.45, 2.75) is 0 Å². The third kappa shape index (κ3) is 3.20. The van der Waals surface area contributed by atoms with Crippen LogP contribution >= 0.6 is 34.8 Å². The third-order valence-corrected chi connectivity index (χ3v) is 4.06. The van der Waals surface area contributed by atoms with E-state index in [-0.39, 0.29) is 5.56 Å². The van der Waals surface area contributed by atoms with Gasteiger partial charge in [0.1, 0.15) is 5.56 Å². The molecule has 0 atom stereocenters. The quantitative estimate of drug-likeness (QED) is 0.687. The Hall–Kier alpha value is -2.01. The molecular weight excluding hydrogens is 359 g/mol. The second-order valence-corrected chi connectivity index (χ2v) is 6.08. The highest BCUT2D eigenvalue weighted by Crippen LogP contribution is 2.25. The summed E-state index contributed by atoms with van der Waals surface area (Å²) < 4.78 is 0. The molecule has 0 saturated carbocycles. The molecule has 116 valence electrons. The van der Waals surface area contributed by atoms with E-state index in [4.69, 9.17) is 34.8 Å². The van der Waals surface area contributed by atoms with Gasteiger partial charge in [-0.2, -0.15) is 0 Å². The molecule has 0 radical (unpaired) electrons. The number of carbonyl (C=O) groups is 1. The second kappa shape index (κ2) is 6.24. The Balaban J connectivity index is 2.03. The lowest BCUT2D eigenvalue weighted by molar-refractivity contribution is 0.102. The van der Waals surface area contributed by atoms with Gasteiger partial charge in [0, 0.05) is 27.1 Å². The van der Waals surface area contributed by atoms with E-state index in [9.17, 15) is 9.59 Å². The summed E-state index contributed by atoms with van der Waals surface area (Å²) in [6, 6.07) is 9.51. The van der Waals surface area contributed by atoms with Crippen LogP contribution in [-0.2, 0) is 0 Å². The summed E-state index contributed by atoms with van der Waals surface area (Å²) in [4.78, 5) is 27.7. The number of nitrogens with one attached hydrogen (secondary N) is 2. The summed E-state index contributed by atoms with van der Waals surface area (Å²) in [7, 11) is 0. The highest BCUT2D eigenvalue weighted by Gasteiger charge is 2.15. The highest BCUT2D eigenvalue weighted by molar-refractivity contribution is 6.36. The van der Waals surface area contributed by atoms with E-state index in [0.717, 1.165) is 0 Å². The van der Waals surface area contributed by atoms with E-state index in [1.165, 1.54) is 18.3 Å². The first-order valence-electron chi connectivity index (χ1n) is 6.53. The molecule has 2 N–H and O–H groups in total. The summed E-state index contributed by atoms with van der Waals surface area (Å²) in [5, 5.41) is 4.07. The number of hydrogen-bond donors (Lipinski definition) is 2. The molecule has 2 aromatic carbocycles. The molecule has 0 aliphatic rings. The fourth-order valence-electron chi connectivity index (χ4n) is 2.14. The zero-order chi connectivity index (χ0) is 16.6. The Labute approximate surface area is 146 Å². The zero-order valence-corrected chi connectivity index (χ0v) is 13.8. The Kier molecular flexibility index (Phi) is 4.31. The minimum atomic E-state index is -0.586. The fraction of sp³-hybridized carbons (Fsp3) is 0. The lowest BCUT2D eigenvalue weighted by Crippen LogP contribution is -2.22. The predicted molar refractivity (Wildman–Crippen MR) is 94.0 cm³/mol. The molecule has 1 heterocycles. The van der Waals surface area contributed by atoms with Gasteiger partial charge in [-0.05, 0) is 36.4 Å². The molecule has 4 nitrogen and oxygen atoms in total. The molecule has 0 spiro atoms. The monoisotopic (exact) mass is 366 g/mol. The van der Waals surface area contributed by atoms with Gasteiger partial charge >= 0.3 is 0 Å². The average molecular weight is 368 g/mol. The maximum absolute atomic E-state index is 12.5. The number of benzene rings is 2. The lowest BCUT2D eigenvalue weighted by atomic mass is 10.1. The normalized spacial score (nSPS) is 10.7. The van der Waals surface area contributed by atoms with Gasteiger partial charge < -0.3 is 10.3 Å². The maximum atomic E-state index is 12.5. The smallest absolute Gasteiger partial charge is 0.261 e. The Morgan fingerprint density at radius 2 is 1.70 bits per heavy atom. The van der Waals surface area contributed by atoms with E-state index in [2.05, 4.69) is 10.3 Å². The van der Waals surface area contributed by atoms with Crippen LogP contribution in [0, 0.1) is 0 Å². The van der Waals surface area contributed by atoms with Gasteiger partial charge in [0.2, 0.25) is 5.43 Å². The summed E-state index contributed by atoms with van der Waals surface area (Å²) in [6.45, 7) is 0. The molecule has 0 saturated heterocycles. The van der Waals surface area contributed by atoms with Crippen LogP contribution in [0.15, 0.2) is 47.4 Å². The van der Waals surface area contributed by atoms with E-state index < -0.39 is 11.3 Å². The fourth-order valence-corrected chi connectivity index (χ4v) is 2.65. The van der Waals surface area contributed by atoms with Gasteiger partial charge in [0.25, 0.3) is 5.91 Å². The van der Waals surface area contributed by atoms with Crippen molar-refractivity contribution in [3.63, 3.8) is 0 Å². The van der Waals surface area contributed by atoms with Gasteiger partial charge in [-0.25, -0.2) is 0 Å². The van der Waals surface area contributed by atoms with Crippen molar-refractivity contribution in [1.29, 1.82) is 0 Å². The Morgan fingerprint density at radius 3 is 2.48 bits per heavy atom. The van der Waals surface area contributed by atoms with Crippen molar-refractivity contribution in [2.24, 2.45) is 0 Å². The molecule has 3 rings (SSSR count). The zero-order valence-electron chi connectivity index (χ0n) is 11.5. The molecule has 0 aliphatic heterocycles. The van der Waals surface area contributed by atoms with Crippen LogP contribution < -0.4 is 10.7 Å². The number of rotatable bonds is 2. The molecule has 1 aromatic heterocycles. The van der Waals surface area contributed by atoms with E-state index >= 15 is 0 Å². The van der Waals surface area contributed by atoms with Crippen molar-refractivity contribution >= 4 is 57.3 Å². The molecular formula is C16H9Cl3N2O2. The van der Waals surface area contributed by atoms with Crippen LogP contribution in [0.2, 0.25) is 15.1 Å². The van der Waals surface area contributed by atoms with E-state index in [1.54, 1.807) is 24.3 Å². The van der Waals surface area contributed by atoms with E-state index in [0.29, 0.717) is 31.7 Å². The van der Waals surface area contributed by atoms with Gasteiger partial charge in [0.15, 0.2) is 0 Å². The number of anilines is 1. The number of halogens is 3. The van der Waals surface area contributed by atoms with Crippen molar-refractivity contribution in [2.75, 3.05) is 5.32 Å². The number of amides is 1. The number of aromatic amines is 1. The molecule has 3 aromatic rings. The predicted octanol–water partition coefficient (Wildman–Crippen LogP) is 4.74. The lowest BCUT2D eigenvalue weighted by Gasteiger charge is -2.08. The van der Waals surface area contributed by atoms with Crippen LogP contribution in [0.5, 0.6) is 0 Å². The largest absolute Gasteiger partial charge is 0.360 e. The number of hydrogen-bond acceptors (Lipinski definition) is 2. The topological polar surface area (TPSA) is 62.0 Å². The minimum absolute atomic E-state index is 0.0455. The molecule has 0 aliphatic carbocycles. The number of H-pyrrole nitrogens is 1. The summed E-state index contributed by atoms with van der Waals surface area (Å²) in [6.07, 6.45) is 1.35. The number of aromatic nitrogens is 1. The Morgan fingerprint density at radius 1 is 1.00 bits per heavy atom. The maximum Gasteiger partial charge on any atom is 0.261 e. The third-order valence-electron chi connectivity index (χ3n) is 3.26. The first-order valence-corrected chi connectivity index (χ1v) is 7.66. The van der Waals surface area contributed by atoms with Crippen molar-refractivity contribution < 1.29 is 4.79 Å².